The molecule has 0 saturated carbocycles. The van der Waals surface area contributed by atoms with Crippen LogP contribution in [0.3, 0.4) is 0 Å². The number of carbonyl (C=O) groups is 2. The van der Waals surface area contributed by atoms with E-state index < -0.39 is 17.6 Å². The summed E-state index contributed by atoms with van der Waals surface area (Å²) in [6.07, 6.45) is -0.232. The van der Waals surface area contributed by atoms with E-state index in [1.54, 1.807) is 0 Å². The van der Waals surface area contributed by atoms with Crippen molar-refractivity contribution in [1.29, 1.82) is 0 Å². The molecule has 7 nitrogen and oxygen atoms in total. The van der Waals surface area contributed by atoms with Gasteiger partial charge >= 0.3 is 12.0 Å². The van der Waals surface area contributed by atoms with Crippen molar-refractivity contribution < 1.29 is 24.2 Å². The molecule has 2 aliphatic heterocycles. The number of aliphatic carboxylic acids is 1. The zero-order valence-corrected chi connectivity index (χ0v) is 11.2. The highest BCUT2D eigenvalue weighted by Crippen LogP contribution is 2.25. The number of carboxylic acid groups (broad SMARTS) is 1. The van der Waals surface area contributed by atoms with Gasteiger partial charge in [-0.05, 0) is 20.3 Å². The third-order valence-electron chi connectivity index (χ3n) is 3.91. The largest absolute Gasteiger partial charge is 0.479 e. The summed E-state index contributed by atoms with van der Waals surface area (Å²) in [6, 6.07) is -0.255. The molecule has 3 unspecified atom stereocenters. The van der Waals surface area contributed by atoms with Crippen LogP contribution in [-0.2, 0) is 14.3 Å². The van der Waals surface area contributed by atoms with Crippen molar-refractivity contribution in [2.24, 2.45) is 0 Å². The van der Waals surface area contributed by atoms with Gasteiger partial charge in [-0.3, -0.25) is 0 Å². The number of hydrogen-bond donors (Lipinski definition) is 2. The Kier molecular flexibility index (Phi) is 3.96. The van der Waals surface area contributed by atoms with E-state index in [9.17, 15) is 9.59 Å². The summed E-state index contributed by atoms with van der Waals surface area (Å²) in [5.74, 6) is -1.04. The van der Waals surface area contributed by atoms with Crippen molar-refractivity contribution in [3.63, 3.8) is 0 Å². The lowest BCUT2D eigenvalue weighted by Gasteiger charge is -2.35. The van der Waals surface area contributed by atoms with Crippen molar-refractivity contribution in [2.75, 3.05) is 26.3 Å². The van der Waals surface area contributed by atoms with Gasteiger partial charge in [0.25, 0.3) is 0 Å². The van der Waals surface area contributed by atoms with Crippen LogP contribution >= 0.6 is 0 Å². The number of nitrogens with one attached hydrogen (secondary N) is 1. The number of rotatable bonds is 2. The summed E-state index contributed by atoms with van der Waals surface area (Å²) in [7, 11) is 0. The minimum absolute atomic E-state index is 0.0484. The van der Waals surface area contributed by atoms with Crippen LogP contribution in [-0.4, -0.2) is 66.1 Å². The Hall–Kier alpha value is -1.34. The molecule has 2 rings (SSSR count). The maximum absolute atomic E-state index is 12.2. The predicted molar refractivity (Wildman–Crippen MR) is 65.9 cm³/mol. The van der Waals surface area contributed by atoms with E-state index in [1.807, 2.05) is 13.8 Å². The number of hydrogen-bond acceptors (Lipinski definition) is 4. The lowest BCUT2D eigenvalue weighted by molar-refractivity contribution is -0.154. The van der Waals surface area contributed by atoms with Crippen LogP contribution in [0.25, 0.3) is 0 Å². The van der Waals surface area contributed by atoms with Gasteiger partial charge in [0.1, 0.15) is 0 Å². The molecule has 108 valence electrons. The zero-order valence-electron chi connectivity index (χ0n) is 11.2. The van der Waals surface area contributed by atoms with Crippen molar-refractivity contribution in [3.05, 3.63) is 0 Å². The molecule has 0 bridgehead atoms. The standard InChI is InChI=1S/C12H20N2O5/c1-8-12(2,3-5-18-8)13-11(17)14-4-6-19-9(7-14)10(15)16/h8-9H,3-7H2,1-2H3,(H,13,17)(H,15,16). The normalized spacial score (nSPS) is 35.2. The number of nitrogens with zero attached hydrogens (tertiary/aromatic N) is 1. The fraction of sp³-hybridized carbons (Fsp3) is 0.833. The first-order valence-corrected chi connectivity index (χ1v) is 6.45. The number of urea groups is 1. The van der Waals surface area contributed by atoms with Crippen LogP contribution in [0.15, 0.2) is 0 Å². The molecule has 0 aromatic rings. The number of carboxylic acids is 1. The van der Waals surface area contributed by atoms with Crippen LogP contribution in [0.1, 0.15) is 20.3 Å². The quantitative estimate of drug-likeness (QED) is 0.741. The van der Waals surface area contributed by atoms with Crippen LogP contribution in [0, 0.1) is 0 Å². The molecule has 2 amide bonds. The van der Waals surface area contributed by atoms with Gasteiger partial charge < -0.3 is 24.8 Å². The molecule has 2 N–H and O–H groups in total. The Morgan fingerprint density at radius 3 is 2.68 bits per heavy atom. The van der Waals surface area contributed by atoms with Gasteiger partial charge in [-0.15, -0.1) is 0 Å². The fourth-order valence-electron chi connectivity index (χ4n) is 2.31. The van der Waals surface area contributed by atoms with Crippen molar-refractivity contribution >= 4 is 12.0 Å². The molecule has 2 fully saturated rings. The second-order valence-electron chi connectivity index (χ2n) is 5.25. The Bertz CT molecular complexity index is 375. The molecule has 2 saturated heterocycles. The Balaban J connectivity index is 1.94. The summed E-state index contributed by atoms with van der Waals surface area (Å²) in [5.41, 5.74) is -0.395. The topological polar surface area (TPSA) is 88.1 Å². The Morgan fingerprint density at radius 1 is 1.37 bits per heavy atom. The average Bonchev–Trinajstić information content (AvgIpc) is 2.69. The smallest absolute Gasteiger partial charge is 0.334 e. The minimum atomic E-state index is -1.04. The van der Waals surface area contributed by atoms with Crippen LogP contribution in [0.4, 0.5) is 4.79 Å². The summed E-state index contributed by atoms with van der Waals surface area (Å²) < 4.78 is 10.6. The van der Waals surface area contributed by atoms with Crippen molar-refractivity contribution in [2.45, 2.75) is 38.0 Å². The Labute approximate surface area is 111 Å². The highest BCUT2D eigenvalue weighted by molar-refractivity contribution is 5.78. The second-order valence-corrected chi connectivity index (χ2v) is 5.25. The molecule has 2 aliphatic rings. The fourth-order valence-corrected chi connectivity index (χ4v) is 2.31. The highest BCUT2D eigenvalue weighted by Gasteiger charge is 2.40. The SMILES string of the molecule is CC1OCCC1(C)NC(=O)N1CCOC(C(=O)O)C1. The molecule has 3 atom stereocenters. The first-order valence-electron chi connectivity index (χ1n) is 6.45. The first-order chi connectivity index (χ1) is 8.92. The number of ether oxygens (including phenoxy) is 2. The van der Waals surface area contributed by atoms with E-state index in [0.717, 1.165) is 6.42 Å². The lowest BCUT2D eigenvalue weighted by atomic mass is 9.95. The summed E-state index contributed by atoms with van der Waals surface area (Å²) in [5, 5.41) is 11.9. The second kappa shape index (κ2) is 5.34. The molecule has 19 heavy (non-hydrogen) atoms. The monoisotopic (exact) mass is 272 g/mol. The van der Waals surface area contributed by atoms with Crippen molar-refractivity contribution in [3.8, 4) is 0 Å². The first kappa shape index (κ1) is 14.1. The van der Waals surface area contributed by atoms with E-state index in [2.05, 4.69) is 5.32 Å². The van der Waals surface area contributed by atoms with Gasteiger partial charge in [-0.1, -0.05) is 0 Å². The average molecular weight is 272 g/mol. The van der Waals surface area contributed by atoms with Gasteiger partial charge in [-0.25, -0.2) is 9.59 Å². The van der Waals surface area contributed by atoms with E-state index >= 15 is 0 Å². The van der Waals surface area contributed by atoms with Gasteiger partial charge in [0.15, 0.2) is 6.10 Å². The third kappa shape index (κ3) is 2.98. The molecule has 2 heterocycles. The van der Waals surface area contributed by atoms with Crippen LogP contribution < -0.4 is 5.32 Å². The summed E-state index contributed by atoms with van der Waals surface area (Å²) >= 11 is 0. The molecular weight excluding hydrogens is 252 g/mol. The molecular formula is C12H20N2O5. The third-order valence-corrected chi connectivity index (χ3v) is 3.91. The minimum Gasteiger partial charge on any atom is -0.479 e. The molecule has 0 aliphatic carbocycles. The molecule has 0 spiro atoms. The molecule has 7 heteroatoms. The van der Waals surface area contributed by atoms with Crippen LogP contribution in [0.5, 0.6) is 0 Å². The molecule has 0 aromatic heterocycles. The number of carbonyl (C=O) groups excluding carboxylic acids is 1. The van der Waals surface area contributed by atoms with Crippen LogP contribution in [0.2, 0.25) is 0 Å². The summed E-state index contributed by atoms with van der Waals surface area (Å²) in [6.45, 7) is 5.21. The van der Waals surface area contributed by atoms with E-state index in [4.69, 9.17) is 14.6 Å². The van der Waals surface area contributed by atoms with E-state index in [0.29, 0.717) is 13.2 Å². The van der Waals surface area contributed by atoms with Crippen molar-refractivity contribution in [1.82, 2.24) is 10.2 Å². The number of amides is 2. The van der Waals surface area contributed by atoms with Gasteiger partial charge in [0.05, 0.1) is 24.8 Å². The predicted octanol–water partition coefficient (Wildman–Crippen LogP) is 0.0489. The Morgan fingerprint density at radius 2 is 2.11 bits per heavy atom. The lowest BCUT2D eigenvalue weighted by Crippen LogP contribution is -2.58. The van der Waals surface area contributed by atoms with E-state index in [-0.39, 0.29) is 25.3 Å². The highest BCUT2D eigenvalue weighted by atomic mass is 16.5. The van der Waals surface area contributed by atoms with Gasteiger partial charge in [0.2, 0.25) is 0 Å². The van der Waals surface area contributed by atoms with Gasteiger partial charge in [0, 0.05) is 13.2 Å². The van der Waals surface area contributed by atoms with Gasteiger partial charge in [-0.2, -0.15) is 0 Å². The zero-order chi connectivity index (χ0) is 14.0. The summed E-state index contributed by atoms with van der Waals surface area (Å²) in [4.78, 5) is 24.5. The maximum Gasteiger partial charge on any atom is 0.334 e. The molecule has 0 aromatic carbocycles. The number of morpholine rings is 1. The maximum atomic E-state index is 12.2. The molecule has 0 radical (unpaired) electrons. The van der Waals surface area contributed by atoms with E-state index in [1.165, 1.54) is 4.90 Å².